The average molecular weight is 210 g/mol. The van der Waals surface area contributed by atoms with E-state index in [4.69, 9.17) is 0 Å². The number of hydrogen-bond acceptors (Lipinski definition) is 3. The van der Waals surface area contributed by atoms with Crippen molar-refractivity contribution in [1.82, 2.24) is 10.2 Å². The predicted molar refractivity (Wildman–Crippen MR) is 57.2 cm³/mol. The lowest BCUT2D eigenvalue weighted by molar-refractivity contribution is -0.128. The number of nitrogens with one attached hydrogen (secondary N) is 1. The normalized spacial score (nSPS) is 21.9. The summed E-state index contributed by atoms with van der Waals surface area (Å²) in [5.74, 6) is 0.222. The summed E-state index contributed by atoms with van der Waals surface area (Å²) in [6, 6.07) is 2.11. The lowest BCUT2D eigenvalue weighted by atomic mass is 10.2. The molecule has 0 aromatic carbocycles. The maximum Gasteiger partial charge on any atom is 0.239 e. The molecule has 1 unspecified atom stereocenters. The fourth-order valence-electron chi connectivity index (χ4n) is 1.65. The number of amides is 1. The van der Waals surface area contributed by atoms with Gasteiger partial charge in [-0.1, -0.05) is 0 Å². The number of hydrogen-bond donors (Lipinski definition) is 1. The Bertz CT molecular complexity index is 310. The zero-order valence-electron chi connectivity index (χ0n) is 8.19. The molecular formula is C10H14N2OS. The highest BCUT2D eigenvalue weighted by molar-refractivity contribution is 7.07. The Balaban J connectivity index is 1.84. The van der Waals surface area contributed by atoms with E-state index >= 15 is 0 Å². The van der Waals surface area contributed by atoms with Crippen LogP contribution >= 0.6 is 11.3 Å². The summed E-state index contributed by atoms with van der Waals surface area (Å²) in [4.78, 5) is 13.3. The van der Waals surface area contributed by atoms with Crippen LogP contribution in [0.4, 0.5) is 0 Å². The molecule has 1 fully saturated rings. The second-order valence-electron chi connectivity index (χ2n) is 3.61. The third-order valence-corrected chi connectivity index (χ3v) is 3.29. The Labute approximate surface area is 87.7 Å². The molecule has 2 rings (SSSR count). The smallest absolute Gasteiger partial charge is 0.239 e. The van der Waals surface area contributed by atoms with Gasteiger partial charge in [0, 0.05) is 20.1 Å². The molecule has 1 saturated heterocycles. The highest BCUT2D eigenvalue weighted by Gasteiger charge is 2.28. The van der Waals surface area contributed by atoms with E-state index in [2.05, 4.69) is 22.1 Å². The summed E-state index contributed by atoms with van der Waals surface area (Å²) in [5.41, 5.74) is 1.26. The monoisotopic (exact) mass is 210 g/mol. The van der Waals surface area contributed by atoms with Gasteiger partial charge in [-0.3, -0.25) is 4.79 Å². The summed E-state index contributed by atoms with van der Waals surface area (Å²) < 4.78 is 0. The first-order valence-electron chi connectivity index (χ1n) is 4.77. The Kier molecular flexibility index (Phi) is 2.84. The molecule has 1 N–H and O–H groups in total. The minimum atomic E-state index is 0.0277. The SMILES string of the molecule is CN1CCC(NCc2ccsc2)C1=O. The second-order valence-corrected chi connectivity index (χ2v) is 4.39. The fourth-order valence-corrected chi connectivity index (χ4v) is 2.31. The molecule has 4 heteroatoms. The lowest BCUT2D eigenvalue weighted by Crippen LogP contribution is -2.36. The van der Waals surface area contributed by atoms with Gasteiger partial charge in [0.2, 0.25) is 5.91 Å². The van der Waals surface area contributed by atoms with Gasteiger partial charge in [0.1, 0.15) is 0 Å². The van der Waals surface area contributed by atoms with Crippen LogP contribution in [0.5, 0.6) is 0 Å². The predicted octanol–water partition coefficient (Wildman–Crippen LogP) is 1.07. The van der Waals surface area contributed by atoms with E-state index in [0.717, 1.165) is 19.5 Å². The van der Waals surface area contributed by atoms with Crippen LogP contribution < -0.4 is 5.32 Å². The van der Waals surface area contributed by atoms with Crippen LogP contribution in [-0.4, -0.2) is 30.4 Å². The Hall–Kier alpha value is -0.870. The van der Waals surface area contributed by atoms with Gasteiger partial charge in [0.05, 0.1) is 6.04 Å². The quantitative estimate of drug-likeness (QED) is 0.809. The molecule has 1 aromatic rings. The number of carbonyl (C=O) groups is 1. The Morgan fingerprint density at radius 3 is 3.14 bits per heavy atom. The second kappa shape index (κ2) is 4.11. The van der Waals surface area contributed by atoms with Crippen molar-refractivity contribution in [3.05, 3.63) is 22.4 Å². The van der Waals surface area contributed by atoms with E-state index in [1.54, 1.807) is 16.2 Å². The number of rotatable bonds is 3. The van der Waals surface area contributed by atoms with Crippen LogP contribution in [0.15, 0.2) is 16.8 Å². The molecule has 1 aliphatic rings. The topological polar surface area (TPSA) is 32.3 Å². The van der Waals surface area contributed by atoms with Gasteiger partial charge in [-0.25, -0.2) is 0 Å². The number of thiophene rings is 1. The average Bonchev–Trinajstić information content (AvgIpc) is 2.77. The third kappa shape index (κ3) is 1.96. The standard InChI is InChI=1S/C10H14N2OS/c1-12-4-2-9(10(12)13)11-6-8-3-5-14-7-8/h3,5,7,9,11H,2,4,6H2,1H3. The fraction of sp³-hybridized carbons (Fsp3) is 0.500. The van der Waals surface area contributed by atoms with E-state index in [-0.39, 0.29) is 11.9 Å². The summed E-state index contributed by atoms with van der Waals surface area (Å²) >= 11 is 1.69. The van der Waals surface area contributed by atoms with Gasteiger partial charge >= 0.3 is 0 Å². The van der Waals surface area contributed by atoms with Crippen LogP contribution in [0, 0.1) is 0 Å². The van der Waals surface area contributed by atoms with E-state index in [9.17, 15) is 4.79 Å². The van der Waals surface area contributed by atoms with Crippen LogP contribution in [0.2, 0.25) is 0 Å². The molecule has 1 amide bonds. The zero-order chi connectivity index (χ0) is 9.97. The minimum absolute atomic E-state index is 0.0277. The highest BCUT2D eigenvalue weighted by Crippen LogP contribution is 2.10. The molecule has 0 bridgehead atoms. The van der Waals surface area contributed by atoms with Gasteiger partial charge in [-0.15, -0.1) is 0 Å². The first-order chi connectivity index (χ1) is 6.77. The van der Waals surface area contributed by atoms with Crippen molar-refractivity contribution in [2.75, 3.05) is 13.6 Å². The molecule has 3 nitrogen and oxygen atoms in total. The Morgan fingerprint density at radius 2 is 2.57 bits per heavy atom. The zero-order valence-corrected chi connectivity index (χ0v) is 9.01. The van der Waals surface area contributed by atoms with E-state index < -0.39 is 0 Å². The minimum Gasteiger partial charge on any atom is -0.344 e. The third-order valence-electron chi connectivity index (χ3n) is 2.56. The van der Waals surface area contributed by atoms with Crippen molar-refractivity contribution in [2.45, 2.75) is 19.0 Å². The van der Waals surface area contributed by atoms with Crippen LogP contribution in [0.1, 0.15) is 12.0 Å². The molecule has 1 aromatic heterocycles. The molecule has 14 heavy (non-hydrogen) atoms. The van der Waals surface area contributed by atoms with Crippen LogP contribution in [0.3, 0.4) is 0 Å². The number of likely N-dealkylation sites (N-methyl/N-ethyl adjacent to an activating group) is 1. The van der Waals surface area contributed by atoms with Crippen molar-refractivity contribution < 1.29 is 4.79 Å². The summed E-state index contributed by atoms with van der Waals surface area (Å²) in [7, 11) is 1.86. The van der Waals surface area contributed by atoms with Crippen molar-refractivity contribution in [1.29, 1.82) is 0 Å². The first-order valence-corrected chi connectivity index (χ1v) is 5.71. The Morgan fingerprint density at radius 1 is 1.71 bits per heavy atom. The van der Waals surface area contributed by atoms with Gasteiger partial charge in [-0.2, -0.15) is 11.3 Å². The van der Waals surface area contributed by atoms with Gasteiger partial charge in [-0.05, 0) is 28.8 Å². The molecule has 0 radical (unpaired) electrons. The molecular weight excluding hydrogens is 196 g/mol. The summed E-state index contributed by atoms with van der Waals surface area (Å²) in [6.07, 6.45) is 0.930. The van der Waals surface area contributed by atoms with Crippen molar-refractivity contribution in [3.8, 4) is 0 Å². The highest BCUT2D eigenvalue weighted by atomic mass is 32.1. The molecule has 0 aliphatic carbocycles. The number of nitrogens with zero attached hydrogens (tertiary/aromatic N) is 1. The molecule has 1 aliphatic heterocycles. The number of likely N-dealkylation sites (tertiary alicyclic amines) is 1. The van der Waals surface area contributed by atoms with Crippen molar-refractivity contribution in [2.24, 2.45) is 0 Å². The first kappa shape index (κ1) is 9.68. The van der Waals surface area contributed by atoms with Gasteiger partial charge < -0.3 is 10.2 Å². The van der Waals surface area contributed by atoms with Gasteiger partial charge in [0.15, 0.2) is 0 Å². The maximum atomic E-state index is 11.5. The van der Waals surface area contributed by atoms with Crippen molar-refractivity contribution >= 4 is 17.2 Å². The van der Waals surface area contributed by atoms with Gasteiger partial charge in [0.25, 0.3) is 0 Å². The van der Waals surface area contributed by atoms with E-state index in [1.807, 2.05) is 7.05 Å². The lowest BCUT2D eigenvalue weighted by Gasteiger charge is -2.11. The summed E-state index contributed by atoms with van der Waals surface area (Å²) in [6.45, 7) is 1.67. The van der Waals surface area contributed by atoms with E-state index in [1.165, 1.54) is 5.56 Å². The van der Waals surface area contributed by atoms with E-state index in [0.29, 0.717) is 0 Å². The molecule has 0 saturated carbocycles. The maximum absolute atomic E-state index is 11.5. The number of carbonyl (C=O) groups excluding carboxylic acids is 1. The molecule has 0 spiro atoms. The van der Waals surface area contributed by atoms with Crippen LogP contribution in [0.25, 0.3) is 0 Å². The summed E-state index contributed by atoms with van der Waals surface area (Å²) in [5, 5.41) is 7.44. The van der Waals surface area contributed by atoms with Crippen molar-refractivity contribution in [3.63, 3.8) is 0 Å². The molecule has 2 heterocycles. The van der Waals surface area contributed by atoms with Crippen LogP contribution in [-0.2, 0) is 11.3 Å². The largest absolute Gasteiger partial charge is 0.344 e. The molecule has 76 valence electrons. The molecule has 1 atom stereocenters.